The van der Waals surface area contributed by atoms with Gasteiger partial charge in [-0.1, -0.05) is 32.9 Å². The van der Waals surface area contributed by atoms with Crippen LogP contribution in [0, 0.1) is 23.2 Å². The molecule has 5 aliphatic rings. The van der Waals surface area contributed by atoms with Crippen LogP contribution in [0.15, 0.2) is 24.3 Å². The fraction of sp³-hybridized carbons (Fsp3) is 0.714. The Morgan fingerprint density at radius 1 is 0.938 bits per heavy atom. The third-order valence-electron chi connectivity index (χ3n) is 8.89. The van der Waals surface area contributed by atoms with E-state index >= 15 is 0 Å². The second-order valence-electron chi connectivity index (χ2n) is 12.6. The molecule has 4 bridgehead atoms. The summed E-state index contributed by atoms with van der Waals surface area (Å²) in [5.41, 5.74) is 2.36. The standard InChI is InChI=1S/C28H40N2O2/c1-27(2,3)23-6-4-22(5-7-23)26(32)29-24-8-10-30(11-9-24)25(31)18-28-15-19-12-20(16-28)14-21(13-19)17-28/h4-7,19-21,24H,8-18H2,1-3H3,(H,29,32). The van der Waals surface area contributed by atoms with Crippen molar-refractivity contribution in [3.8, 4) is 0 Å². The number of hydrogen-bond acceptors (Lipinski definition) is 2. The van der Waals surface area contributed by atoms with Crippen LogP contribution in [0.25, 0.3) is 0 Å². The van der Waals surface area contributed by atoms with E-state index in [0.29, 0.717) is 11.3 Å². The molecule has 5 fully saturated rings. The highest BCUT2D eigenvalue weighted by Crippen LogP contribution is 2.61. The molecule has 1 aromatic carbocycles. The monoisotopic (exact) mass is 436 g/mol. The maximum Gasteiger partial charge on any atom is 0.251 e. The molecule has 0 atom stereocenters. The van der Waals surface area contributed by atoms with E-state index in [2.05, 4.69) is 43.1 Å². The summed E-state index contributed by atoms with van der Waals surface area (Å²) in [6.45, 7) is 8.10. The van der Waals surface area contributed by atoms with E-state index in [-0.39, 0.29) is 17.4 Å². The molecule has 6 rings (SSSR count). The van der Waals surface area contributed by atoms with Gasteiger partial charge >= 0.3 is 0 Å². The van der Waals surface area contributed by atoms with Crippen molar-refractivity contribution in [3.05, 3.63) is 35.4 Å². The number of rotatable bonds is 4. The average Bonchev–Trinajstić information content (AvgIpc) is 2.72. The Balaban J connectivity index is 1.11. The van der Waals surface area contributed by atoms with Gasteiger partial charge in [0.05, 0.1) is 0 Å². The van der Waals surface area contributed by atoms with Crippen LogP contribution < -0.4 is 5.32 Å². The summed E-state index contributed by atoms with van der Waals surface area (Å²) in [7, 11) is 0. The van der Waals surface area contributed by atoms with E-state index in [4.69, 9.17) is 0 Å². The third-order valence-corrected chi connectivity index (χ3v) is 8.89. The number of benzene rings is 1. The Morgan fingerprint density at radius 2 is 1.47 bits per heavy atom. The molecule has 1 N–H and O–H groups in total. The Kier molecular flexibility index (Phi) is 5.62. The Bertz CT molecular complexity index is 823. The molecule has 4 aliphatic carbocycles. The number of carbonyl (C=O) groups excluding carboxylic acids is 2. The van der Waals surface area contributed by atoms with Crippen LogP contribution in [0.2, 0.25) is 0 Å². The zero-order chi connectivity index (χ0) is 22.5. The highest BCUT2D eigenvalue weighted by Gasteiger charge is 2.51. The first kappa shape index (κ1) is 22.0. The van der Waals surface area contributed by atoms with Gasteiger partial charge in [0, 0.05) is 31.1 Å². The minimum atomic E-state index is 0.00352. The van der Waals surface area contributed by atoms with Crippen molar-refractivity contribution in [2.75, 3.05) is 13.1 Å². The van der Waals surface area contributed by atoms with Gasteiger partial charge in [0.15, 0.2) is 0 Å². The molecule has 1 aliphatic heterocycles. The molecular formula is C28H40N2O2. The highest BCUT2D eigenvalue weighted by molar-refractivity contribution is 5.94. The minimum absolute atomic E-state index is 0.00352. The first-order chi connectivity index (χ1) is 15.2. The van der Waals surface area contributed by atoms with Crippen LogP contribution >= 0.6 is 0 Å². The smallest absolute Gasteiger partial charge is 0.251 e. The summed E-state index contributed by atoms with van der Waals surface area (Å²) >= 11 is 0. The van der Waals surface area contributed by atoms with Crippen molar-refractivity contribution in [1.29, 1.82) is 0 Å². The first-order valence-electron chi connectivity index (χ1n) is 12.9. The molecule has 0 spiro atoms. The van der Waals surface area contributed by atoms with Crippen molar-refractivity contribution < 1.29 is 9.59 Å². The number of likely N-dealkylation sites (tertiary alicyclic amines) is 1. The molecule has 174 valence electrons. The molecular weight excluding hydrogens is 396 g/mol. The van der Waals surface area contributed by atoms with Gasteiger partial charge in [0.1, 0.15) is 0 Å². The lowest BCUT2D eigenvalue weighted by Gasteiger charge is -2.57. The van der Waals surface area contributed by atoms with Crippen molar-refractivity contribution in [2.45, 2.75) is 90.0 Å². The fourth-order valence-electron chi connectivity index (χ4n) is 7.60. The predicted octanol–water partition coefficient (Wildman–Crippen LogP) is 5.31. The summed E-state index contributed by atoms with van der Waals surface area (Å²) < 4.78 is 0. The van der Waals surface area contributed by atoms with Crippen molar-refractivity contribution in [1.82, 2.24) is 10.2 Å². The van der Waals surface area contributed by atoms with Gasteiger partial charge in [-0.3, -0.25) is 9.59 Å². The van der Waals surface area contributed by atoms with E-state index < -0.39 is 0 Å². The second kappa shape index (κ2) is 8.18. The number of carbonyl (C=O) groups is 2. The molecule has 0 radical (unpaired) electrons. The van der Waals surface area contributed by atoms with E-state index in [1.807, 2.05) is 12.1 Å². The lowest BCUT2D eigenvalue weighted by Crippen LogP contribution is -2.50. The normalized spacial score (nSPS) is 32.2. The first-order valence-corrected chi connectivity index (χ1v) is 12.9. The third kappa shape index (κ3) is 4.47. The minimum Gasteiger partial charge on any atom is -0.349 e. The van der Waals surface area contributed by atoms with Crippen LogP contribution in [-0.4, -0.2) is 35.8 Å². The Labute approximate surface area is 193 Å². The molecule has 4 nitrogen and oxygen atoms in total. The van der Waals surface area contributed by atoms with Crippen LogP contribution in [0.3, 0.4) is 0 Å². The van der Waals surface area contributed by atoms with Crippen LogP contribution in [0.4, 0.5) is 0 Å². The van der Waals surface area contributed by atoms with Gasteiger partial charge in [-0.2, -0.15) is 0 Å². The quantitative estimate of drug-likeness (QED) is 0.695. The lowest BCUT2D eigenvalue weighted by molar-refractivity contribution is -0.140. The highest BCUT2D eigenvalue weighted by atomic mass is 16.2. The van der Waals surface area contributed by atoms with Crippen LogP contribution in [0.1, 0.15) is 94.5 Å². The SMILES string of the molecule is CC(C)(C)c1ccc(C(=O)NC2CCN(C(=O)CC34CC5CC(CC(C5)C3)C4)CC2)cc1. The number of piperidine rings is 1. The Morgan fingerprint density at radius 3 is 1.97 bits per heavy atom. The van der Waals surface area contributed by atoms with Gasteiger partial charge in [-0.05, 0) is 97.6 Å². The zero-order valence-corrected chi connectivity index (χ0v) is 20.2. The van der Waals surface area contributed by atoms with E-state index in [1.165, 1.54) is 44.1 Å². The maximum atomic E-state index is 13.2. The Hall–Kier alpha value is -1.84. The molecule has 0 aromatic heterocycles. The number of nitrogens with one attached hydrogen (secondary N) is 1. The van der Waals surface area contributed by atoms with Crippen molar-refractivity contribution >= 4 is 11.8 Å². The number of hydrogen-bond donors (Lipinski definition) is 1. The van der Waals surface area contributed by atoms with E-state index in [9.17, 15) is 9.59 Å². The largest absolute Gasteiger partial charge is 0.349 e. The maximum absolute atomic E-state index is 13.2. The van der Waals surface area contributed by atoms with Gasteiger partial charge in [-0.15, -0.1) is 0 Å². The van der Waals surface area contributed by atoms with Gasteiger partial charge in [0.25, 0.3) is 5.91 Å². The molecule has 4 saturated carbocycles. The summed E-state index contributed by atoms with van der Waals surface area (Å²) in [5, 5.41) is 3.20. The summed E-state index contributed by atoms with van der Waals surface area (Å²) in [6, 6.07) is 8.13. The van der Waals surface area contributed by atoms with Gasteiger partial charge in [-0.25, -0.2) is 0 Å². The summed E-state index contributed by atoms with van der Waals surface area (Å²) in [4.78, 5) is 28.0. The van der Waals surface area contributed by atoms with Crippen LogP contribution in [-0.2, 0) is 10.2 Å². The fourth-order valence-corrected chi connectivity index (χ4v) is 7.60. The number of amides is 2. The summed E-state index contributed by atoms with van der Waals surface area (Å²) in [6.07, 6.45) is 10.7. The molecule has 1 aromatic rings. The zero-order valence-electron chi connectivity index (χ0n) is 20.2. The average molecular weight is 437 g/mol. The number of nitrogens with zero attached hydrogens (tertiary/aromatic N) is 1. The second-order valence-corrected chi connectivity index (χ2v) is 12.6. The van der Waals surface area contributed by atoms with Crippen LogP contribution in [0.5, 0.6) is 0 Å². The summed E-state index contributed by atoms with van der Waals surface area (Å²) in [5.74, 6) is 3.06. The lowest BCUT2D eigenvalue weighted by atomic mass is 9.49. The van der Waals surface area contributed by atoms with Crippen molar-refractivity contribution in [3.63, 3.8) is 0 Å². The van der Waals surface area contributed by atoms with Gasteiger partial charge in [0.2, 0.25) is 5.91 Å². The van der Waals surface area contributed by atoms with E-state index in [0.717, 1.165) is 55.7 Å². The molecule has 32 heavy (non-hydrogen) atoms. The molecule has 4 heteroatoms. The topological polar surface area (TPSA) is 49.4 Å². The van der Waals surface area contributed by atoms with Crippen molar-refractivity contribution in [2.24, 2.45) is 23.2 Å². The molecule has 2 amide bonds. The molecule has 1 saturated heterocycles. The van der Waals surface area contributed by atoms with Gasteiger partial charge < -0.3 is 10.2 Å². The molecule has 1 heterocycles. The predicted molar refractivity (Wildman–Crippen MR) is 127 cm³/mol. The molecule has 0 unspecified atom stereocenters. The van der Waals surface area contributed by atoms with E-state index in [1.54, 1.807) is 0 Å².